The van der Waals surface area contributed by atoms with Gasteiger partial charge in [0.1, 0.15) is 10.6 Å². The van der Waals surface area contributed by atoms with Crippen LogP contribution in [0.4, 0.5) is 0 Å². The maximum atomic E-state index is 12.8. The monoisotopic (exact) mass is 314 g/mol. The summed E-state index contributed by atoms with van der Waals surface area (Å²) in [4.78, 5) is 4.09. The molecule has 7 heteroatoms. The van der Waals surface area contributed by atoms with Crippen LogP contribution < -0.4 is 4.74 Å². The van der Waals surface area contributed by atoms with Gasteiger partial charge < -0.3 is 9.47 Å². The Bertz CT molecular complexity index is 574. The average Bonchev–Trinajstić information content (AvgIpc) is 2.74. The molecule has 0 aliphatic carbocycles. The standard InChI is InChI=1S/C14H22N2O4S/c1-11(2)14-10-16(5-4-6-20-14)21(17,18)13-7-12(19-3)8-15-9-13/h7-9,11,14H,4-6,10H2,1-3H3. The van der Waals surface area contributed by atoms with Crippen LogP contribution >= 0.6 is 0 Å². The molecule has 0 spiro atoms. The molecular formula is C14H22N2O4S. The fourth-order valence-electron chi connectivity index (χ4n) is 2.24. The van der Waals surface area contributed by atoms with Crippen molar-refractivity contribution in [1.82, 2.24) is 9.29 Å². The van der Waals surface area contributed by atoms with Crippen LogP contribution in [0, 0.1) is 5.92 Å². The summed E-state index contributed by atoms with van der Waals surface area (Å²) in [5.74, 6) is 0.701. The minimum atomic E-state index is -3.57. The Hall–Kier alpha value is -1.18. The summed E-state index contributed by atoms with van der Waals surface area (Å²) >= 11 is 0. The normalized spacial score (nSPS) is 21.2. The highest BCUT2D eigenvalue weighted by molar-refractivity contribution is 7.89. The molecular weight excluding hydrogens is 292 g/mol. The average molecular weight is 314 g/mol. The molecule has 2 heterocycles. The molecule has 1 fully saturated rings. The van der Waals surface area contributed by atoms with Crippen molar-refractivity contribution in [2.75, 3.05) is 26.8 Å². The first-order valence-electron chi connectivity index (χ1n) is 7.06. The molecule has 0 N–H and O–H groups in total. The summed E-state index contributed by atoms with van der Waals surface area (Å²) in [5.41, 5.74) is 0. The van der Waals surface area contributed by atoms with E-state index < -0.39 is 10.0 Å². The molecule has 1 aromatic rings. The Morgan fingerprint density at radius 1 is 1.43 bits per heavy atom. The third-order valence-electron chi connectivity index (χ3n) is 3.57. The van der Waals surface area contributed by atoms with Gasteiger partial charge in [-0.2, -0.15) is 4.31 Å². The Morgan fingerprint density at radius 2 is 2.19 bits per heavy atom. The van der Waals surface area contributed by atoms with Gasteiger partial charge in [0.25, 0.3) is 0 Å². The Labute approximate surface area is 126 Å². The van der Waals surface area contributed by atoms with E-state index in [0.29, 0.717) is 31.9 Å². The van der Waals surface area contributed by atoms with Crippen LogP contribution in [-0.2, 0) is 14.8 Å². The third kappa shape index (κ3) is 3.72. The van der Waals surface area contributed by atoms with E-state index >= 15 is 0 Å². The van der Waals surface area contributed by atoms with Crippen molar-refractivity contribution in [1.29, 1.82) is 0 Å². The predicted octanol–water partition coefficient (Wildman–Crippen LogP) is 1.53. The molecule has 1 aliphatic rings. The molecule has 0 radical (unpaired) electrons. The maximum absolute atomic E-state index is 12.8. The smallest absolute Gasteiger partial charge is 0.244 e. The van der Waals surface area contributed by atoms with E-state index in [-0.39, 0.29) is 16.9 Å². The summed E-state index contributed by atoms with van der Waals surface area (Å²) in [6.45, 7) is 5.49. The van der Waals surface area contributed by atoms with Crippen molar-refractivity contribution in [3.8, 4) is 5.75 Å². The van der Waals surface area contributed by atoms with Crippen LogP contribution in [0.15, 0.2) is 23.4 Å². The van der Waals surface area contributed by atoms with Crippen LogP contribution in [0.25, 0.3) is 0 Å². The highest BCUT2D eigenvalue weighted by atomic mass is 32.2. The van der Waals surface area contributed by atoms with E-state index in [1.165, 1.54) is 29.9 Å². The second-order valence-corrected chi connectivity index (χ2v) is 7.37. The molecule has 0 saturated carbocycles. The molecule has 0 aromatic carbocycles. The number of hydrogen-bond acceptors (Lipinski definition) is 5. The quantitative estimate of drug-likeness (QED) is 0.843. The lowest BCUT2D eigenvalue weighted by atomic mass is 10.1. The van der Waals surface area contributed by atoms with Gasteiger partial charge in [-0.05, 0) is 12.3 Å². The largest absolute Gasteiger partial charge is 0.495 e. The summed E-state index contributed by atoms with van der Waals surface area (Å²) < 4.78 is 37.8. The van der Waals surface area contributed by atoms with Crippen molar-refractivity contribution >= 4 is 10.0 Å². The molecule has 2 rings (SSSR count). The van der Waals surface area contributed by atoms with Gasteiger partial charge in [-0.1, -0.05) is 13.8 Å². The zero-order valence-corrected chi connectivity index (χ0v) is 13.5. The molecule has 1 aromatic heterocycles. The van der Waals surface area contributed by atoms with Crippen LogP contribution in [0.2, 0.25) is 0 Å². The number of hydrogen-bond donors (Lipinski definition) is 0. The zero-order valence-electron chi connectivity index (χ0n) is 12.7. The molecule has 1 atom stereocenters. The van der Waals surface area contributed by atoms with Gasteiger partial charge in [-0.25, -0.2) is 8.42 Å². The topological polar surface area (TPSA) is 68.7 Å². The summed E-state index contributed by atoms with van der Waals surface area (Å²) in [5, 5.41) is 0. The molecule has 21 heavy (non-hydrogen) atoms. The minimum Gasteiger partial charge on any atom is -0.495 e. The van der Waals surface area contributed by atoms with Crippen LogP contribution in [0.1, 0.15) is 20.3 Å². The number of nitrogens with zero attached hydrogens (tertiary/aromatic N) is 2. The number of aromatic nitrogens is 1. The molecule has 1 unspecified atom stereocenters. The van der Waals surface area contributed by atoms with E-state index in [4.69, 9.17) is 9.47 Å². The van der Waals surface area contributed by atoms with Crippen molar-refractivity contribution in [2.45, 2.75) is 31.3 Å². The Morgan fingerprint density at radius 3 is 2.86 bits per heavy atom. The lowest BCUT2D eigenvalue weighted by Gasteiger charge is -2.25. The van der Waals surface area contributed by atoms with Crippen molar-refractivity contribution in [3.05, 3.63) is 18.5 Å². The number of ether oxygens (including phenoxy) is 2. The number of methoxy groups -OCH3 is 1. The van der Waals surface area contributed by atoms with E-state index in [2.05, 4.69) is 4.98 Å². The first-order valence-corrected chi connectivity index (χ1v) is 8.50. The van der Waals surface area contributed by atoms with Gasteiger partial charge in [0, 0.05) is 32.0 Å². The fraction of sp³-hybridized carbons (Fsp3) is 0.643. The maximum Gasteiger partial charge on any atom is 0.244 e. The van der Waals surface area contributed by atoms with E-state index in [1.54, 1.807) is 0 Å². The van der Waals surface area contributed by atoms with E-state index in [0.717, 1.165) is 0 Å². The summed E-state index contributed by atoms with van der Waals surface area (Å²) in [6, 6.07) is 1.50. The number of sulfonamides is 1. The minimum absolute atomic E-state index is 0.0826. The van der Waals surface area contributed by atoms with Gasteiger partial charge >= 0.3 is 0 Å². The summed E-state index contributed by atoms with van der Waals surface area (Å²) in [6.07, 6.45) is 3.45. The van der Waals surface area contributed by atoms with Gasteiger partial charge in [0.2, 0.25) is 10.0 Å². The van der Waals surface area contributed by atoms with Crippen molar-refractivity contribution < 1.29 is 17.9 Å². The number of rotatable bonds is 4. The van der Waals surface area contributed by atoms with Gasteiger partial charge in [-0.15, -0.1) is 0 Å². The van der Waals surface area contributed by atoms with Crippen LogP contribution in [0.5, 0.6) is 5.75 Å². The Balaban J connectivity index is 2.28. The lowest BCUT2D eigenvalue weighted by molar-refractivity contribution is 0.0301. The molecule has 1 aliphatic heterocycles. The second kappa shape index (κ2) is 6.72. The summed E-state index contributed by atoms with van der Waals surface area (Å²) in [7, 11) is -2.09. The molecule has 6 nitrogen and oxygen atoms in total. The highest BCUT2D eigenvalue weighted by Gasteiger charge is 2.31. The molecule has 0 amide bonds. The Kier molecular flexibility index (Phi) is 5.18. The van der Waals surface area contributed by atoms with Gasteiger partial charge in [0.15, 0.2) is 0 Å². The van der Waals surface area contributed by atoms with E-state index in [1.807, 2.05) is 13.8 Å². The van der Waals surface area contributed by atoms with E-state index in [9.17, 15) is 8.42 Å². The van der Waals surface area contributed by atoms with Gasteiger partial charge in [0.05, 0.1) is 19.4 Å². The van der Waals surface area contributed by atoms with Crippen molar-refractivity contribution in [3.63, 3.8) is 0 Å². The van der Waals surface area contributed by atoms with Crippen LogP contribution in [0.3, 0.4) is 0 Å². The van der Waals surface area contributed by atoms with Crippen molar-refractivity contribution in [2.24, 2.45) is 5.92 Å². The molecule has 0 bridgehead atoms. The van der Waals surface area contributed by atoms with Gasteiger partial charge in [-0.3, -0.25) is 4.98 Å². The highest BCUT2D eigenvalue weighted by Crippen LogP contribution is 2.23. The molecule has 118 valence electrons. The zero-order chi connectivity index (χ0) is 15.5. The molecule has 1 saturated heterocycles. The third-order valence-corrected chi connectivity index (χ3v) is 5.40. The first-order chi connectivity index (χ1) is 9.95. The lowest BCUT2D eigenvalue weighted by Crippen LogP contribution is -2.38. The SMILES string of the molecule is COc1cncc(S(=O)(=O)N2CCCOC(C(C)C)C2)c1. The van der Waals surface area contributed by atoms with Crippen LogP contribution in [-0.4, -0.2) is 50.6 Å². The predicted molar refractivity (Wildman–Crippen MR) is 78.7 cm³/mol. The first kappa shape index (κ1) is 16.2. The number of pyridine rings is 1. The fourth-order valence-corrected chi connectivity index (χ4v) is 3.71. The second-order valence-electron chi connectivity index (χ2n) is 5.43.